The van der Waals surface area contributed by atoms with Crippen LogP contribution in [-0.2, 0) is 14.3 Å². The van der Waals surface area contributed by atoms with E-state index in [4.69, 9.17) is 4.74 Å². The summed E-state index contributed by atoms with van der Waals surface area (Å²) in [7, 11) is 0. The molecule has 0 aliphatic rings. The zero-order valence-corrected chi connectivity index (χ0v) is 12.1. The first-order valence-corrected chi connectivity index (χ1v) is 6.38. The molecule has 0 rings (SSSR count). The van der Waals surface area contributed by atoms with Crippen LogP contribution in [0.2, 0.25) is 0 Å². The quantitative estimate of drug-likeness (QED) is 0.718. The smallest absolute Gasteiger partial charge is 0.246 e. The van der Waals surface area contributed by atoms with E-state index in [0.717, 1.165) is 0 Å². The van der Waals surface area contributed by atoms with Gasteiger partial charge < -0.3 is 15.4 Å². The van der Waals surface area contributed by atoms with Crippen LogP contribution in [0.3, 0.4) is 0 Å². The summed E-state index contributed by atoms with van der Waals surface area (Å²) in [6, 6.07) is 0. The van der Waals surface area contributed by atoms with Crippen LogP contribution in [0.25, 0.3) is 0 Å². The van der Waals surface area contributed by atoms with Gasteiger partial charge in [-0.3, -0.25) is 9.59 Å². The lowest BCUT2D eigenvalue weighted by atomic mass is 10.2. The van der Waals surface area contributed by atoms with Gasteiger partial charge in [-0.2, -0.15) is 0 Å². The zero-order chi connectivity index (χ0) is 14.2. The van der Waals surface area contributed by atoms with Gasteiger partial charge in [0.05, 0.1) is 5.60 Å². The SMILES string of the molecule is CC(C)CNC(=O)CCNC(=O)COC(C)(C)C. The Kier molecular flexibility index (Phi) is 7.59. The second-order valence-electron chi connectivity index (χ2n) is 5.70. The Morgan fingerprint density at radius 1 is 1.11 bits per heavy atom. The molecule has 0 atom stereocenters. The van der Waals surface area contributed by atoms with Gasteiger partial charge in [0, 0.05) is 19.5 Å². The van der Waals surface area contributed by atoms with Gasteiger partial charge in [-0.15, -0.1) is 0 Å². The normalized spacial score (nSPS) is 11.4. The summed E-state index contributed by atoms with van der Waals surface area (Å²) in [4.78, 5) is 22.7. The molecule has 0 heterocycles. The van der Waals surface area contributed by atoms with Gasteiger partial charge in [0.2, 0.25) is 11.8 Å². The molecular formula is C13H26N2O3. The van der Waals surface area contributed by atoms with Crippen molar-refractivity contribution in [2.45, 2.75) is 46.6 Å². The number of carbonyl (C=O) groups is 2. The number of hydrogen-bond donors (Lipinski definition) is 2. The van der Waals surface area contributed by atoms with E-state index in [2.05, 4.69) is 10.6 Å². The average molecular weight is 258 g/mol. The summed E-state index contributed by atoms with van der Waals surface area (Å²) in [5.74, 6) is 0.200. The second-order valence-corrected chi connectivity index (χ2v) is 5.70. The molecule has 0 fully saturated rings. The fourth-order valence-corrected chi connectivity index (χ4v) is 1.05. The Bertz CT molecular complexity index is 270. The monoisotopic (exact) mass is 258 g/mol. The van der Waals surface area contributed by atoms with Gasteiger partial charge in [-0.05, 0) is 26.7 Å². The Morgan fingerprint density at radius 3 is 2.22 bits per heavy atom. The summed E-state index contributed by atoms with van der Waals surface area (Å²) >= 11 is 0. The third kappa shape index (κ3) is 11.4. The molecule has 0 radical (unpaired) electrons. The number of carbonyl (C=O) groups excluding carboxylic acids is 2. The predicted octanol–water partition coefficient (Wildman–Crippen LogP) is 1.08. The first-order chi connectivity index (χ1) is 8.20. The van der Waals surface area contributed by atoms with Crippen LogP contribution < -0.4 is 10.6 Å². The van der Waals surface area contributed by atoms with Gasteiger partial charge in [0.15, 0.2) is 0 Å². The van der Waals surface area contributed by atoms with Gasteiger partial charge in [-0.1, -0.05) is 13.8 Å². The van der Waals surface area contributed by atoms with Crippen LogP contribution in [0, 0.1) is 5.92 Å². The van der Waals surface area contributed by atoms with Crippen LogP contribution in [-0.4, -0.2) is 37.1 Å². The summed E-state index contributed by atoms with van der Waals surface area (Å²) in [6.07, 6.45) is 0.300. The Labute approximate surface area is 110 Å². The largest absolute Gasteiger partial charge is 0.366 e. The third-order valence-corrected chi connectivity index (χ3v) is 2.02. The molecule has 0 spiro atoms. The van der Waals surface area contributed by atoms with Crippen molar-refractivity contribution in [3.63, 3.8) is 0 Å². The molecule has 0 aromatic heterocycles. The van der Waals surface area contributed by atoms with E-state index in [9.17, 15) is 9.59 Å². The van der Waals surface area contributed by atoms with Crippen LogP contribution in [0.1, 0.15) is 41.0 Å². The molecule has 18 heavy (non-hydrogen) atoms. The van der Waals surface area contributed by atoms with Crippen molar-refractivity contribution in [2.24, 2.45) is 5.92 Å². The lowest BCUT2D eigenvalue weighted by Gasteiger charge is -2.18. The molecule has 2 N–H and O–H groups in total. The fourth-order valence-electron chi connectivity index (χ4n) is 1.05. The van der Waals surface area contributed by atoms with Crippen LogP contribution in [0.5, 0.6) is 0 Å². The summed E-state index contributed by atoms with van der Waals surface area (Å²) in [5, 5.41) is 5.44. The number of nitrogens with one attached hydrogen (secondary N) is 2. The molecular weight excluding hydrogens is 232 g/mol. The van der Waals surface area contributed by atoms with Gasteiger partial charge in [-0.25, -0.2) is 0 Å². The maximum absolute atomic E-state index is 11.4. The van der Waals surface area contributed by atoms with E-state index >= 15 is 0 Å². The van der Waals surface area contributed by atoms with E-state index in [1.54, 1.807) is 0 Å². The second kappa shape index (κ2) is 8.08. The molecule has 0 bridgehead atoms. The van der Waals surface area contributed by atoms with Crippen LogP contribution in [0.4, 0.5) is 0 Å². The molecule has 0 saturated carbocycles. The fraction of sp³-hybridized carbons (Fsp3) is 0.846. The average Bonchev–Trinajstić information content (AvgIpc) is 2.22. The van der Waals surface area contributed by atoms with Gasteiger partial charge >= 0.3 is 0 Å². The molecule has 5 heteroatoms. The minimum absolute atomic E-state index is 0.0249. The molecule has 0 aromatic rings. The van der Waals surface area contributed by atoms with E-state index in [0.29, 0.717) is 25.4 Å². The molecule has 0 aliphatic carbocycles. The van der Waals surface area contributed by atoms with Crippen molar-refractivity contribution in [1.82, 2.24) is 10.6 Å². The lowest BCUT2D eigenvalue weighted by molar-refractivity contribution is -0.130. The van der Waals surface area contributed by atoms with Crippen molar-refractivity contribution in [3.8, 4) is 0 Å². The van der Waals surface area contributed by atoms with E-state index < -0.39 is 0 Å². The molecule has 5 nitrogen and oxygen atoms in total. The molecule has 2 amide bonds. The Balaban J connectivity index is 3.59. The number of hydrogen-bond acceptors (Lipinski definition) is 3. The third-order valence-electron chi connectivity index (χ3n) is 2.02. The van der Waals surface area contributed by atoms with Gasteiger partial charge in [0.25, 0.3) is 0 Å². The summed E-state index contributed by atoms with van der Waals surface area (Å²) in [6.45, 7) is 10.8. The highest BCUT2D eigenvalue weighted by molar-refractivity contribution is 5.79. The van der Waals surface area contributed by atoms with E-state index in [-0.39, 0.29) is 24.0 Å². The molecule has 106 valence electrons. The van der Waals surface area contributed by atoms with Crippen molar-refractivity contribution in [1.29, 1.82) is 0 Å². The maximum Gasteiger partial charge on any atom is 0.246 e. The summed E-state index contributed by atoms with van der Waals surface area (Å²) < 4.78 is 5.32. The Hall–Kier alpha value is -1.10. The summed E-state index contributed by atoms with van der Waals surface area (Å²) in [5.41, 5.74) is -0.327. The first kappa shape index (κ1) is 16.9. The number of rotatable bonds is 7. The van der Waals surface area contributed by atoms with Crippen molar-refractivity contribution in [3.05, 3.63) is 0 Å². The molecule has 0 unspecified atom stereocenters. The minimum atomic E-state index is -0.327. The zero-order valence-electron chi connectivity index (χ0n) is 12.1. The van der Waals surface area contributed by atoms with Crippen LogP contribution >= 0.6 is 0 Å². The standard InChI is InChI=1S/C13H26N2O3/c1-10(2)8-15-11(16)6-7-14-12(17)9-18-13(3,4)5/h10H,6-9H2,1-5H3,(H,14,17)(H,15,16). The van der Waals surface area contributed by atoms with Gasteiger partial charge in [0.1, 0.15) is 6.61 Å². The van der Waals surface area contributed by atoms with Crippen LogP contribution in [0.15, 0.2) is 0 Å². The molecule has 0 aromatic carbocycles. The molecule has 0 aliphatic heterocycles. The highest BCUT2D eigenvalue weighted by Gasteiger charge is 2.12. The Morgan fingerprint density at radius 2 is 1.72 bits per heavy atom. The highest BCUT2D eigenvalue weighted by Crippen LogP contribution is 2.05. The predicted molar refractivity (Wildman–Crippen MR) is 71.2 cm³/mol. The highest BCUT2D eigenvalue weighted by atomic mass is 16.5. The van der Waals surface area contributed by atoms with Crippen molar-refractivity contribution >= 4 is 11.8 Å². The van der Waals surface area contributed by atoms with Crippen molar-refractivity contribution < 1.29 is 14.3 Å². The van der Waals surface area contributed by atoms with E-state index in [1.807, 2.05) is 34.6 Å². The molecule has 0 saturated heterocycles. The first-order valence-electron chi connectivity index (χ1n) is 6.38. The lowest BCUT2D eigenvalue weighted by Crippen LogP contribution is -2.35. The van der Waals surface area contributed by atoms with E-state index in [1.165, 1.54) is 0 Å². The maximum atomic E-state index is 11.4. The number of ether oxygens (including phenoxy) is 1. The topological polar surface area (TPSA) is 67.4 Å². The van der Waals surface area contributed by atoms with Crippen molar-refractivity contribution in [2.75, 3.05) is 19.7 Å². The number of amides is 2. The minimum Gasteiger partial charge on any atom is -0.366 e.